The van der Waals surface area contributed by atoms with Crippen molar-refractivity contribution in [2.24, 2.45) is 5.92 Å². The number of rotatable bonds is 5. The maximum Gasteiger partial charge on any atom is 0.251 e. The van der Waals surface area contributed by atoms with E-state index < -0.39 is 0 Å². The number of benzene rings is 2. The Balaban J connectivity index is 1.20. The second-order valence-electron chi connectivity index (χ2n) is 9.11. The lowest BCUT2D eigenvalue weighted by molar-refractivity contribution is 0.0918. The molecule has 1 fully saturated rings. The lowest BCUT2D eigenvalue weighted by atomic mass is 9.75. The third kappa shape index (κ3) is 4.42. The van der Waals surface area contributed by atoms with Gasteiger partial charge in [-0.1, -0.05) is 12.1 Å². The number of hydrogen-bond donors (Lipinski definition) is 1. The number of aryl methyl sites for hydroxylation is 1. The number of fused-ring (bicyclic) bond motifs is 1. The molecule has 1 saturated carbocycles. The first-order valence-corrected chi connectivity index (χ1v) is 11.7. The fourth-order valence-corrected chi connectivity index (χ4v) is 5.03. The molecule has 2 heterocycles. The van der Waals surface area contributed by atoms with E-state index in [1.54, 1.807) is 31.3 Å². The Morgan fingerprint density at radius 3 is 2.53 bits per heavy atom. The number of nitrogens with zero attached hydrogens (tertiary/aromatic N) is 3. The maximum atomic E-state index is 14.2. The third-order valence-electron chi connectivity index (χ3n) is 6.95. The number of para-hydroxylation sites is 1. The molecular weight excluding hydrogens is 431 g/mol. The summed E-state index contributed by atoms with van der Waals surface area (Å²) >= 11 is 0. The van der Waals surface area contributed by atoms with E-state index in [1.165, 1.54) is 11.6 Å². The van der Waals surface area contributed by atoms with Gasteiger partial charge in [-0.25, -0.2) is 4.39 Å². The van der Waals surface area contributed by atoms with Gasteiger partial charge in [0.15, 0.2) is 0 Å². The first-order valence-electron chi connectivity index (χ1n) is 11.7. The van der Waals surface area contributed by atoms with Crippen molar-refractivity contribution in [1.29, 1.82) is 0 Å². The van der Waals surface area contributed by atoms with Crippen LogP contribution < -0.4 is 5.32 Å². The second-order valence-corrected chi connectivity index (χ2v) is 9.11. The average Bonchev–Trinajstić information content (AvgIpc) is 3.30. The smallest absolute Gasteiger partial charge is 0.251 e. The van der Waals surface area contributed by atoms with Gasteiger partial charge in [0.2, 0.25) is 11.8 Å². The SMILES string of the molecule is Cc1nnc(-c2ccc(C(=O)N[C@H](C)C3CCC(c4ccnc5c(F)cccc45)CC3)cc2)o1. The summed E-state index contributed by atoms with van der Waals surface area (Å²) in [4.78, 5) is 17.0. The van der Waals surface area contributed by atoms with Crippen LogP contribution >= 0.6 is 0 Å². The summed E-state index contributed by atoms with van der Waals surface area (Å²) in [6.07, 6.45) is 5.76. The molecule has 5 rings (SSSR count). The van der Waals surface area contributed by atoms with Crippen LogP contribution in [0.3, 0.4) is 0 Å². The van der Waals surface area contributed by atoms with Crippen LogP contribution in [0.4, 0.5) is 4.39 Å². The highest BCUT2D eigenvalue weighted by Gasteiger charge is 2.28. The van der Waals surface area contributed by atoms with Gasteiger partial charge < -0.3 is 9.73 Å². The number of pyridine rings is 1. The second kappa shape index (κ2) is 9.33. The number of carbonyl (C=O) groups excluding carboxylic acids is 1. The fraction of sp³-hybridized carbons (Fsp3) is 0.333. The molecule has 1 N–H and O–H groups in total. The number of aromatic nitrogens is 3. The zero-order valence-corrected chi connectivity index (χ0v) is 19.3. The molecule has 6 nitrogen and oxygen atoms in total. The molecule has 1 amide bonds. The average molecular weight is 459 g/mol. The molecule has 0 saturated heterocycles. The summed E-state index contributed by atoms with van der Waals surface area (Å²) in [7, 11) is 0. The predicted molar refractivity (Wildman–Crippen MR) is 128 cm³/mol. The summed E-state index contributed by atoms with van der Waals surface area (Å²) < 4.78 is 19.6. The van der Waals surface area contributed by atoms with Gasteiger partial charge in [0.1, 0.15) is 11.3 Å². The van der Waals surface area contributed by atoms with Crippen molar-refractivity contribution in [2.45, 2.75) is 51.5 Å². The van der Waals surface area contributed by atoms with Crippen LogP contribution in [-0.4, -0.2) is 27.1 Å². The number of nitrogens with one attached hydrogen (secondary N) is 1. The van der Waals surface area contributed by atoms with Crippen molar-refractivity contribution in [3.05, 3.63) is 77.6 Å². The summed E-state index contributed by atoms with van der Waals surface area (Å²) in [6.45, 7) is 3.82. The summed E-state index contributed by atoms with van der Waals surface area (Å²) in [5, 5.41) is 11.9. The molecule has 7 heteroatoms. The molecular formula is C27H27FN4O2. The molecule has 0 spiro atoms. The van der Waals surface area contributed by atoms with E-state index in [-0.39, 0.29) is 17.8 Å². The Hall–Kier alpha value is -3.61. The molecule has 1 aliphatic rings. The van der Waals surface area contributed by atoms with E-state index in [2.05, 4.69) is 27.4 Å². The molecule has 1 aliphatic carbocycles. The van der Waals surface area contributed by atoms with Gasteiger partial charge >= 0.3 is 0 Å². The molecule has 4 aromatic rings. The van der Waals surface area contributed by atoms with Crippen molar-refractivity contribution in [2.75, 3.05) is 0 Å². The minimum Gasteiger partial charge on any atom is -0.421 e. The number of carbonyl (C=O) groups is 1. The highest BCUT2D eigenvalue weighted by molar-refractivity contribution is 5.94. The van der Waals surface area contributed by atoms with Crippen LogP contribution in [-0.2, 0) is 0 Å². The zero-order chi connectivity index (χ0) is 23.7. The van der Waals surface area contributed by atoms with Gasteiger partial charge in [0.25, 0.3) is 5.91 Å². The third-order valence-corrected chi connectivity index (χ3v) is 6.95. The number of halogens is 1. The van der Waals surface area contributed by atoms with Crippen LogP contribution in [0.15, 0.2) is 59.1 Å². The van der Waals surface area contributed by atoms with Gasteiger partial charge in [0.05, 0.1) is 0 Å². The Labute approximate surface area is 197 Å². The lowest BCUT2D eigenvalue weighted by Gasteiger charge is -2.33. The minimum absolute atomic E-state index is 0.0679. The van der Waals surface area contributed by atoms with Gasteiger partial charge in [0, 0.05) is 35.7 Å². The highest BCUT2D eigenvalue weighted by Crippen LogP contribution is 2.39. The number of hydrogen-bond acceptors (Lipinski definition) is 5. The minimum atomic E-state index is -0.274. The number of amides is 1. The normalized spacial score (nSPS) is 19.1. The quantitative estimate of drug-likeness (QED) is 0.407. The predicted octanol–water partition coefficient (Wildman–Crippen LogP) is 5.82. The molecule has 34 heavy (non-hydrogen) atoms. The van der Waals surface area contributed by atoms with Crippen molar-refractivity contribution in [3.8, 4) is 11.5 Å². The zero-order valence-electron chi connectivity index (χ0n) is 19.3. The van der Waals surface area contributed by atoms with Crippen LogP contribution in [0.5, 0.6) is 0 Å². The van der Waals surface area contributed by atoms with Crippen LogP contribution in [0.25, 0.3) is 22.4 Å². The Bertz CT molecular complexity index is 1310. The summed E-state index contributed by atoms with van der Waals surface area (Å²) in [6, 6.07) is 14.5. The lowest BCUT2D eigenvalue weighted by Crippen LogP contribution is -2.39. The van der Waals surface area contributed by atoms with Crippen LogP contribution in [0, 0.1) is 18.7 Å². The Kier molecular flexibility index (Phi) is 6.09. The maximum absolute atomic E-state index is 14.2. The standard InChI is InChI=1S/C27H27FN4O2/c1-16(30-26(33)20-10-12-21(13-11-20)27-32-31-17(2)34-27)18-6-8-19(9-7-18)22-14-15-29-25-23(22)4-3-5-24(25)28/h3-5,10-16,18-19H,6-9H2,1-2H3,(H,30,33)/t16-,18?,19?/m1/s1. The molecule has 0 aliphatic heterocycles. The van der Waals surface area contributed by atoms with Gasteiger partial charge in [-0.05, 0) is 86.4 Å². The first kappa shape index (κ1) is 22.2. The first-order chi connectivity index (χ1) is 16.5. The monoisotopic (exact) mass is 458 g/mol. The topological polar surface area (TPSA) is 80.9 Å². The fourth-order valence-electron chi connectivity index (χ4n) is 5.03. The van der Waals surface area contributed by atoms with Gasteiger partial charge in [-0.2, -0.15) is 0 Å². The van der Waals surface area contributed by atoms with E-state index in [0.717, 1.165) is 36.6 Å². The highest BCUT2D eigenvalue weighted by atomic mass is 19.1. The molecule has 0 radical (unpaired) electrons. The molecule has 2 aromatic carbocycles. The molecule has 0 bridgehead atoms. The Morgan fingerprint density at radius 2 is 1.82 bits per heavy atom. The van der Waals surface area contributed by atoms with E-state index >= 15 is 0 Å². The van der Waals surface area contributed by atoms with Crippen molar-refractivity contribution < 1.29 is 13.6 Å². The summed E-state index contributed by atoms with van der Waals surface area (Å²) in [5.41, 5.74) is 3.01. The van der Waals surface area contributed by atoms with Crippen molar-refractivity contribution in [1.82, 2.24) is 20.5 Å². The van der Waals surface area contributed by atoms with Crippen molar-refractivity contribution >= 4 is 16.8 Å². The van der Waals surface area contributed by atoms with Crippen molar-refractivity contribution in [3.63, 3.8) is 0 Å². The van der Waals surface area contributed by atoms with Crippen LogP contribution in [0.1, 0.15) is 60.3 Å². The summed E-state index contributed by atoms with van der Waals surface area (Å²) in [5.74, 6) is 1.38. The van der Waals surface area contributed by atoms with E-state index in [1.807, 2.05) is 24.3 Å². The van der Waals surface area contributed by atoms with Crippen LogP contribution in [0.2, 0.25) is 0 Å². The van der Waals surface area contributed by atoms with Gasteiger partial charge in [-0.15, -0.1) is 10.2 Å². The van der Waals surface area contributed by atoms with E-state index in [4.69, 9.17) is 4.42 Å². The van der Waals surface area contributed by atoms with E-state index in [9.17, 15) is 9.18 Å². The van der Waals surface area contributed by atoms with Gasteiger partial charge in [-0.3, -0.25) is 9.78 Å². The molecule has 0 unspecified atom stereocenters. The molecule has 1 atom stereocenters. The Morgan fingerprint density at radius 1 is 1.06 bits per heavy atom. The largest absolute Gasteiger partial charge is 0.421 e. The molecule has 174 valence electrons. The molecule has 2 aromatic heterocycles. The van der Waals surface area contributed by atoms with E-state index in [0.29, 0.717) is 34.7 Å².